The molecule has 1 unspecified atom stereocenters. The number of nitrogens with zero attached hydrogens (tertiary/aromatic N) is 1. The topological polar surface area (TPSA) is 40.5 Å². The normalized spacial score (nSPS) is 21.1. The molecular weight excluding hydrogens is 330 g/mol. The largest absolute Gasteiger partial charge is 0.387 e. The molecule has 2 fully saturated rings. The number of carbonyl (C=O) groups excluding carboxylic acids is 1. The van der Waals surface area contributed by atoms with Crippen LogP contribution in [0.25, 0.3) is 0 Å². The fourth-order valence-corrected chi connectivity index (χ4v) is 4.84. The van der Waals surface area contributed by atoms with E-state index in [-0.39, 0.29) is 17.4 Å². The van der Waals surface area contributed by atoms with E-state index in [9.17, 15) is 9.90 Å². The molecule has 25 heavy (non-hydrogen) atoms. The van der Waals surface area contributed by atoms with Crippen molar-refractivity contribution >= 4 is 17.2 Å². The summed E-state index contributed by atoms with van der Waals surface area (Å²) in [6.07, 6.45) is 3.31. The minimum Gasteiger partial charge on any atom is -0.387 e. The van der Waals surface area contributed by atoms with Gasteiger partial charge in [-0.15, -0.1) is 11.3 Å². The molecule has 1 aromatic carbocycles. The molecule has 2 aliphatic rings. The van der Waals surface area contributed by atoms with Gasteiger partial charge in [0.05, 0.1) is 11.5 Å². The van der Waals surface area contributed by atoms with Gasteiger partial charge in [-0.1, -0.05) is 35.9 Å². The van der Waals surface area contributed by atoms with Crippen LogP contribution in [-0.4, -0.2) is 29.0 Å². The first kappa shape index (κ1) is 16.8. The van der Waals surface area contributed by atoms with Crippen LogP contribution in [0.2, 0.25) is 0 Å². The SMILES string of the molecule is Cc1ccc(C2(C(=O)N3CCC(C(O)c4cccs4)CC3)CC2)cc1. The van der Waals surface area contributed by atoms with Gasteiger partial charge in [-0.05, 0) is 55.5 Å². The molecular formula is C21H25NO2S. The van der Waals surface area contributed by atoms with Gasteiger partial charge in [-0.25, -0.2) is 0 Å². The highest BCUT2D eigenvalue weighted by molar-refractivity contribution is 7.10. The predicted molar refractivity (Wildman–Crippen MR) is 101 cm³/mol. The lowest BCUT2D eigenvalue weighted by Gasteiger charge is -2.36. The molecule has 4 heteroatoms. The average molecular weight is 356 g/mol. The maximum atomic E-state index is 13.1. The van der Waals surface area contributed by atoms with E-state index in [2.05, 4.69) is 31.2 Å². The monoisotopic (exact) mass is 355 g/mol. The Kier molecular flexibility index (Phi) is 4.42. The number of thiophene rings is 1. The van der Waals surface area contributed by atoms with Crippen LogP contribution in [-0.2, 0) is 10.2 Å². The molecule has 0 spiro atoms. The van der Waals surface area contributed by atoms with E-state index in [1.54, 1.807) is 11.3 Å². The van der Waals surface area contributed by atoms with E-state index in [0.29, 0.717) is 5.91 Å². The van der Waals surface area contributed by atoms with Crippen LogP contribution in [0.5, 0.6) is 0 Å². The highest BCUT2D eigenvalue weighted by Gasteiger charge is 2.53. The van der Waals surface area contributed by atoms with Crippen LogP contribution in [0, 0.1) is 12.8 Å². The van der Waals surface area contributed by atoms with Crippen LogP contribution in [0.15, 0.2) is 41.8 Å². The van der Waals surface area contributed by atoms with Gasteiger partial charge in [0.25, 0.3) is 0 Å². The highest BCUT2D eigenvalue weighted by atomic mass is 32.1. The molecule has 2 heterocycles. The zero-order valence-corrected chi connectivity index (χ0v) is 15.5. The molecule has 1 aliphatic heterocycles. The lowest BCUT2D eigenvalue weighted by Crippen LogP contribution is -2.44. The predicted octanol–water partition coefficient (Wildman–Crippen LogP) is 4.06. The number of aliphatic hydroxyl groups excluding tert-OH is 1. The molecule has 132 valence electrons. The molecule has 3 nitrogen and oxygen atoms in total. The van der Waals surface area contributed by atoms with Gasteiger partial charge in [0, 0.05) is 18.0 Å². The summed E-state index contributed by atoms with van der Waals surface area (Å²) in [6.45, 7) is 3.61. The Labute approximate surface area is 153 Å². The van der Waals surface area contributed by atoms with Crippen molar-refractivity contribution in [2.75, 3.05) is 13.1 Å². The van der Waals surface area contributed by atoms with Crippen molar-refractivity contribution in [3.63, 3.8) is 0 Å². The van der Waals surface area contributed by atoms with Crippen molar-refractivity contribution in [1.82, 2.24) is 4.90 Å². The number of benzene rings is 1. The number of piperidine rings is 1. The van der Waals surface area contributed by atoms with E-state index >= 15 is 0 Å². The van der Waals surface area contributed by atoms with Crippen LogP contribution in [0.3, 0.4) is 0 Å². The van der Waals surface area contributed by atoms with E-state index in [4.69, 9.17) is 0 Å². The molecule has 1 aromatic heterocycles. The van der Waals surface area contributed by atoms with Gasteiger partial charge in [-0.2, -0.15) is 0 Å². The fourth-order valence-electron chi connectivity index (χ4n) is 4.04. The number of amides is 1. The summed E-state index contributed by atoms with van der Waals surface area (Å²) < 4.78 is 0. The maximum absolute atomic E-state index is 13.1. The van der Waals surface area contributed by atoms with Gasteiger partial charge in [0.1, 0.15) is 0 Å². The zero-order chi connectivity index (χ0) is 17.4. The molecule has 1 saturated heterocycles. The Hall–Kier alpha value is -1.65. The van der Waals surface area contributed by atoms with Gasteiger partial charge in [-0.3, -0.25) is 4.79 Å². The first-order valence-corrected chi connectivity index (χ1v) is 10.1. The second kappa shape index (κ2) is 6.58. The van der Waals surface area contributed by atoms with Crippen LogP contribution >= 0.6 is 11.3 Å². The molecule has 0 bridgehead atoms. The summed E-state index contributed by atoms with van der Waals surface area (Å²) >= 11 is 1.61. The smallest absolute Gasteiger partial charge is 0.233 e. The number of aliphatic hydroxyl groups is 1. The number of rotatable bonds is 4. The first-order chi connectivity index (χ1) is 12.1. The van der Waals surface area contributed by atoms with E-state index in [1.165, 1.54) is 11.1 Å². The first-order valence-electron chi connectivity index (χ1n) is 9.18. The number of aryl methyl sites for hydroxylation is 1. The fraction of sp³-hybridized carbons (Fsp3) is 0.476. The molecule has 1 saturated carbocycles. The third-order valence-corrected chi connectivity index (χ3v) is 6.81. The average Bonchev–Trinajstić information content (AvgIpc) is 3.27. The number of hydrogen-bond donors (Lipinski definition) is 1. The third-order valence-electron chi connectivity index (χ3n) is 5.87. The van der Waals surface area contributed by atoms with Crippen molar-refractivity contribution in [1.29, 1.82) is 0 Å². The molecule has 4 rings (SSSR count). The Morgan fingerprint density at radius 1 is 1.20 bits per heavy atom. The van der Waals surface area contributed by atoms with E-state index in [0.717, 1.165) is 43.6 Å². The highest BCUT2D eigenvalue weighted by Crippen LogP contribution is 2.50. The van der Waals surface area contributed by atoms with Crippen molar-refractivity contribution in [3.05, 3.63) is 57.8 Å². The Balaban J connectivity index is 1.41. The lowest BCUT2D eigenvalue weighted by atomic mass is 9.88. The standard InChI is InChI=1S/C21H25NO2S/c1-15-4-6-17(7-5-15)21(10-11-21)20(24)22-12-8-16(9-13-22)19(23)18-3-2-14-25-18/h2-7,14,16,19,23H,8-13H2,1H3. The van der Waals surface area contributed by atoms with Crippen molar-refractivity contribution in [2.24, 2.45) is 5.92 Å². The molecule has 2 aromatic rings. The van der Waals surface area contributed by atoms with Crippen molar-refractivity contribution in [3.8, 4) is 0 Å². The van der Waals surface area contributed by atoms with Gasteiger partial charge >= 0.3 is 0 Å². The minimum absolute atomic E-state index is 0.261. The van der Waals surface area contributed by atoms with Crippen LogP contribution < -0.4 is 0 Å². The molecule has 0 radical (unpaired) electrons. The van der Waals surface area contributed by atoms with E-state index < -0.39 is 0 Å². The summed E-state index contributed by atoms with van der Waals surface area (Å²) in [7, 11) is 0. The summed E-state index contributed by atoms with van der Waals surface area (Å²) in [5, 5.41) is 12.6. The zero-order valence-electron chi connectivity index (χ0n) is 14.6. The minimum atomic E-state index is -0.385. The van der Waals surface area contributed by atoms with Crippen molar-refractivity contribution in [2.45, 2.75) is 44.1 Å². The number of hydrogen-bond acceptors (Lipinski definition) is 3. The molecule has 1 aliphatic carbocycles. The Morgan fingerprint density at radius 3 is 2.44 bits per heavy atom. The third kappa shape index (κ3) is 3.13. The summed E-state index contributed by atoms with van der Waals surface area (Å²) in [5.74, 6) is 0.553. The van der Waals surface area contributed by atoms with Crippen LogP contribution in [0.4, 0.5) is 0 Å². The molecule has 1 atom stereocenters. The second-order valence-corrected chi connectivity index (χ2v) is 8.52. The quantitative estimate of drug-likeness (QED) is 0.898. The number of carbonyl (C=O) groups is 1. The maximum Gasteiger partial charge on any atom is 0.233 e. The van der Waals surface area contributed by atoms with Crippen molar-refractivity contribution < 1.29 is 9.90 Å². The second-order valence-electron chi connectivity index (χ2n) is 7.54. The lowest BCUT2D eigenvalue weighted by molar-refractivity contribution is -0.136. The Bertz CT molecular complexity index is 726. The molecule has 1 N–H and O–H groups in total. The summed E-state index contributed by atoms with van der Waals surface area (Å²) in [6, 6.07) is 12.4. The van der Waals surface area contributed by atoms with E-state index in [1.807, 2.05) is 22.4 Å². The Morgan fingerprint density at radius 2 is 1.88 bits per heavy atom. The van der Waals surface area contributed by atoms with Crippen LogP contribution in [0.1, 0.15) is 47.8 Å². The summed E-state index contributed by atoms with van der Waals surface area (Å²) in [5.41, 5.74) is 2.13. The molecule has 1 amide bonds. The van der Waals surface area contributed by atoms with Gasteiger partial charge in [0.15, 0.2) is 0 Å². The van der Waals surface area contributed by atoms with Gasteiger partial charge < -0.3 is 10.0 Å². The van der Waals surface area contributed by atoms with Gasteiger partial charge in [0.2, 0.25) is 5.91 Å². The number of likely N-dealkylation sites (tertiary alicyclic amines) is 1. The summed E-state index contributed by atoms with van der Waals surface area (Å²) in [4.78, 5) is 16.2.